The van der Waals surface area contributed by atoms with Gasteiger partial charge in [-0.3, -0.25) is 4.79 Å². The molecule has 2 N–H and O–H groups in total. The number of carbonyl (C=O) groups excluding carboxylic acids is 2. The van der Waals surface area contributed by atoms with Crippen LogP contribution >= 0.6 is 11.8 Å². The Labute approximate surface area is 164 Å². The van der Waals surface area contributed by atoms with Gasteiger partial charge >= 0.3 is 6.03 Å². The van der Waals surface area contributed by atoms with Crippen molar-refractivity contribution in [1.29, 1.82) is 0 Å². The number of nitrogens with zero attached hydrogens (tertiary/aromatic N) is 1. The summed E-state index contributed by atoms with van der Waals surface area (Å²) in [5, 5.41) is 5.69. The van der Waals surface area contributed by atoms with Crippen LogP contribution in [0.15, 0.2) is 53.4 Å². The number of benzene rings is 2. The number of thioether (sulfide) groups is 1. The standard InChI is InChI=1S/C21H25N3O2S/c1-14(2)19(20(25)24-12-11-15-7-4-5-10-18(15)24)23-21(26)22-16-8-6-9-17(13-16)27-3/h4-10,13-14,19H,11-12H2,1-3H3,(H2,22,23,26)/t19-/m0/s1. The van der Waals surface area contributed by atoms with E-state index in [-0.39, 0.29) is 17.9 Å². The molecular formula is C21H25N3O2S. The van der Waals surface area contributed by atoms with E-state index in [1.807, 2.05) is 68.6 Å². The number of carbonyl (C=O) groups is 2. The van der Waals surface area contributed by atoms with E-state index >= 15 is 0 Å². The van der Waals surface area contributed by atoms with Crippen molar-refractivity contribution in [2.45, 2.75) is 31.2 Å². The summed E-state index contributed by atoms with van der Waals surface area (Å²) in [7, 11) is 0. The molecule has 2 aromatic carbocycles. The highest BCUT2D eigenvalue weighted by Crippen LogP contribution is 2.28. The topological polar surface area (TPSA) is 61.4 Å². The first-order valence-corrected chi connectivity index (χ1v) is 10.3. The molecule has 5 nitrogen and oxygen atoms in total. The molecule has 0 bridgehead atoms. The number of para-hydroxylation sites is 1. The van der Waals surface area contributed by atoms with E-state index in [0.717, 1.165) is 17.0 Å². The Kier molecular flexibility index (Phi) is 6.06. The third-order valence-electron chi connectivity index (χ3n) is 4.70. The zero-order chi connectivity index (χ0) is 19.4. The second-order valence-corrected chi connectivity index (χ2v) is 7.80. The Morgan fingerprint density at radius 3 is 2.63 bits per heavy atom. The van der Waals surface area contributed by atoms with Gasteiger partial charge < -0.3 is 15.5 Å². The second-order valence-electron chi connectivity index (χ2n) is 6.92. The number of anilines is 2. The minimum Gasteiger partial charge on any atom is -0.326 e. The molecule has 2 aromatic rings. The van der Waals surface area contributed by atoms with Gasteiger partial charge in [-0.1, -0.05) is 38.1 Å². The summed E-state index contributed by atoms with van der Waals surface area (Å²) < 4.78 is 0. The molecule has 0 saturated heterocycles. The number of hydrogen-bond acceptors (Lipinski definition) is 3. The van der Waals surface area contributed by atoms with Crippen LogP contribution in [0.5, 0.6) is 0 Å². The Morgan fingerprint density at radius 2 is 1.89 bits per heavy atom. The van der Waals surface area contributed by atoms with Crippen molar-refractivity contribution in [3.63, 3.8) is 0 Å². The number of amides is 3. The molecule has 0 radical (unpaired) electrons. The molecule has 1 heterocycles. The van der Waals surface area contributed by atoms with Gasteiger partial charge in [0.15, 0.2) is 0 Å². The molecule has 3 rings (SSSR count). The van der Waals surface area contributed by atoms with Crippen molar-refractivity contribution in [1.82, 2.24) is 5.32 Å². The number of urea groups is 1. The predicted molar refractivity (Wildman–Crippen MR) is 112 cm³/mol. The smallest absolute Gasteiger partial charge is 0.319 e. The Bertz CT molecular complexity index is 838. The largest absolute Gasteiger partial charge is 0.326 e. The highest BCUT2D eigenvalue weighted by molar-refractivity contribution is 7.98. The molecular weight excluding hydrogens is 358 g/mol. The quantitative estimate of drug-likeness (QED) is 0.763. The van der Waals surface area contributed by atoms with Crippen LogP contribution < -0.4 is 15.5 Å². The molecule has 0 aliphatic carbocycles. The van der Waals surface area contributed by atoms with Gasteiger partial charge in [0.2, 0.25) is 5.91 Å². The van der Waals surface area contributed by atoms with Gasteiger partial charge in [0.05, 0.1) is 0 Å². The maximum atomic E-state index is 13.1. The fraction of sp³-hybridized carbons (Fsp3) is 0.333. The molecule has 0 spiro atoms. The first-order chi connectivity index (χ1) is 13.0. The number of nitrogens with one attached hydrogen (secondary N) is 2. The third-order valence-corrected chi connectivity index (χ3v) is 5.43. The van der Waals surface area contributed by atoms with Crippen LogP contribution in [0.2, 0.25) is 0 Å². The summed E-state index contributed by atoms with van der Waals surface area (Å²) in [6.07, 6.45) is 2.83. The molecule has 1 atom stereocenters. The molecule has 0 aromatic heterocycles. The van der Waals surface area contributed by atoms with Gasteiger partial charge in [-0.15, -0.1) is 11.8 Å². The molecule has 0 fully saturated rings. The van der Waals surface area contributed by atoms with Crippen LogP contribution in [-0.2, 0) is 11.2 Å². The molecule has 0 saturated carbocycles. The maximum absolute atomic E-state index is 13.1. The molecule has 3 amide bonds. The summed E-state index contributed by atoms with van der Waals surface area (Å²) in [6, 6.07) is 14.6. The minimum absolute atomic E-state index is 0.0199. The Balaban J connectivity index is 1.70. The molecule has 27 heavy (non-hydrogen) atoms. The van der Waals surface area contributed by atoms with E-state index in [4.69, 9.17) is 0 Å². The lowest BCUT2D eigenvalue weighted by Crippen LogP contribution is -2.52. The Hall–Kier alpha value is -2.47. The van der Waals surface area contributed by atoms with Crippen LogP contribution in [-0.4, -0.2) is 30.8 Å². The highest BCUT2D eigenvalue weighted by atomic mass is 32.2. The van der Waals surface area contributed by atoms with Crippen molar-refractivity contribution < 1.29 is 9.59 Å². The third kappa shape index (κ3) is 4.45. The predicted octanol–water partition coefficient (Wildman–Crippen LogP) is 4.14. The first-order valence-electron chi connectivity index (χ1n) is 9.10. The summed E-state index contributed by atoms with van der Waals surface area (Å²) in [5.74, 6) is -0.0866. The monoisotopic (exact) mass is 383 g/mol. The number of hydrogen-bond donors (Lipinski definition) is 2. The zero-order valence-electron chi connectivity index (χ0n) is 15.9. The SMILES string of the molecule is CSc1cccc(NC(=O)N[C@H](C(=O)N2CCc3ccccc32)C(C)C)c1. The minimum atomic E-state index is -0.583. The van der Waals surface area contributed by atoms with Crippen LogP contribution in [0, 0.1) is 5.92 Å². The van der Waals surface area contributed by atoms with E-state index < -0.39 is 6.04 Å². The van der Waals surface area contributed by atoms with E-state index in [1.165, 1.54) is 5.56 Å². The van der Waals surface area contributed by atoms with Gasteiger partial charge in [-0.2, -0.15) is 0 Å². The summed E-state index contributed by atoms with van der Waals surface area (Å²) >= 11 is 1.61. The van der Waals surface area contributed by atoms with Gasteiger partial charge in [0.1, 0.15) is 6.04 Å². The highest BCUT2D eigenvalue weighted by Gasteiger charge is 2.32. The molecule has 0 unspecified atom stereocenters. The number of fused-ring (bicyclic) bond motifs is 1. The van der Waals surface area contributed by atoms with E-state index in [9.17, 15) is 9.59 Å². The van der Waals surface area contributed by atoms with Gasteiger partial charge in [-0.05, 0) is 48.4 Å². The average Bonchev–Trinajstić information content (AvgIpc) is 3.09. The fourth-order valence-electron chi connectivity index (χ4n) is 3.26. The van der Waals surface area contributed by atoms with Gasteiger partial charge in [0.25, 0.3) is 0 Å². The van der Waals surface area contributed by atoms with Crippen molar-refractivity contribution >= 4 is 35.1 Å². The van der Waals surface area contributed by atoms with Crippen LogP contribution in [0.25, 0.3) is 0 Å². The van der Waals surface area contributed by atoms with Crippen molar-refractivity contribution in [3.8, 4) is 0 Å². The van der Waals surface area contributed by atoms with E-state index in [2.05, 4.69) is 10.6 Å². The van der Waals surface area contributed by atoms with Crippen LogP contribution in [0.4, 0.5) is 16.2 Å². The Morgan fingerprint density at radius 1 is 1.11 bits per heavy atom. The lowest BCUT2D eigenvalue weighted by molar-refractivity contribution is -0.121. The fourth-order valence-corrected chi connectivity index (χ4v) is 3.72. The lowest BCUT2D eigenvalue weighted by Gasteiger charge is -2.27. The zero-order valence-corrected chi connectivity index (χ0v) is 16.7. The maximum Gasteiger partial charge on any atom is 0.319 e. The molecule has 1 aliphatic rings. The lowest BCUT2D eigenvalue weighted by atomic mass is 10.0. The van der Waals surface area contributed by atoms with E-state index in [0.29, 0.717) is 12.2 Å². The van der Waals surface area contributed by atoms with E-state index in [1.54, 1.807) is 16.7 Å². The first kappa shape index (κ1) is 19.3. The van der Waals surface area contributed by atoms with Crippen molar-refractivity contribution in [2.75, 3.05) is 23.0 Å². The molecule has 6 heteroatoms. The summed E-state index contributed by atoms with van der Waals surface area (Å²) in [5.41, 5.74) is 2.83. The van der Waals surface area contributed by atoms with Crippen molar-refractivity contribution in [3.05, 3.63) is 54.1 Å². The average molecular weight is 384 g/mol. The molecule has 1 aliphatic heterocycles. The summed E-state index contributed by atoms with van der Waals surface area (Å²) in [6.45, 7) is 4.54. The summed E-state index contributed by atoms with van der Waals surface area (Å²) in [4.78, 5) is 28.5. The number of rotatable bonds is 5. The van der Waals surface area contributed by atoms with Crippen molar-refractivity contribution in [2.24, 2.45) is 5.92 Å². The van der Waals surface area contributed by atoms with Gasteiger partial charge in [-0.25, -0.2) is 4.79 Å². The van der Waals surface area contributed by atoms with Crippen LogP contribution in [0.3, 0.4) is 0 Å². The molecule has 142 valence electrons. The second kappa shape index (κ2) is 8.48. The van der Waals surface area contributed by atoms with Gasteiger partial charge in [0, 0.05) is 22.8 Å². The normalized spacial score (nSPS) is 14.0. The van der Waals surface area contributed by atoms with Crippen LogP contribution in [0.1, 0.15) is 19.4 Å².